The molecule has 1 aromatic carbocycles. The quantitative estimate of drug-likeness (QED) is 0.650. The van der Waals surface area contributed by atoms with Crippen LogP contribution in [0.3, 0.4) is 0 Å². The highest BCUT2D eigenvalue weighted by molar-refractivity contribution is 5.64. The smallest absolute Gasteiger partial charge is 0.235 e. The predicted molar refractivity (Wildman–Crippen MR) is 82.1 cm³/mol. The van der Waals surface area contributed by atoms with E-state index in [0.717, 1.165) is 17.7 Å². The van der Waals surface area contributed by atoms with E-state index in [1.807, 2.05) is 6.07 Å². The van der Waals surface area contributed by atoms with Crippen LogP contribution in [0.15, 0.2) is 42.7 Å². The summed E-state index contributed by atoms with van der Waals surface area (Å²) in [4.78, 5) is 4.28. The first-order valence-corrected chi connectivity index (χ1v) is 7.18. The van der Waals surface area contributed by atoms with E-state index in [1.165, 1.54) is 6.07 Å². The number of hydrogen-bond acceptors (Lipinski definition) is 2. The molecule has 2 aromatic heterocycles. The first kappa shape index (κ1) is 15.5. The third kappa shape index (κ3) is 2.93. The summed E-state index contributed by atoms with van der Waals surface area (Å²) in [5.74, 6) is 0. The minimum atomic E-state index is -4.37. The van der Waals surface area contributed by atoms with E-state index < -0.39 is 11.7 Å². The molecule has 23 heavy (non-hydrogen) atoms. The molecule has 3 aromatic rings. The maximum absolute atomic E-state index is 12.9. The first-order chi connectivity index (χ1) is 10.7. The molecular weight excluding hydrogens is 303 g/mol. The van der Waals surface area contributed by atoms with Crippen LogP contribution < -0.4 is 0 Å². The molecule has 6 heteroatoms. The maximum Gasteiger partial charge on any atom is 0.416 e. The van der Waals surface area contributed by atoms with Gasteiger partial charge in [0, 0.05) is 5.56 Å². The molecule has 0 amide bonds. The molecule has 0 fully saturated rings. The van der Waals surface area contributed by atoms with Gasteiger partial charge in [0.25, 0.3) is 0 Å². The third-order valence-electron chi connectivity index (χ3n) is 3.71. The normalized spacial score (nSPS) is 12.8. The average Bonchev–Trinajstić information content (AvgIpc) is 2.88. The zero-order valence-electron chi connectivity index (χ0n) is 13.0. The second kappa shape index (κ2) is 5.08. The van der Waals surface area contributed by atoms with Crippen LogP contribution in [0.1, 0.15) is 31.9 Å². The highest BCUT2D eigenvalue weighted by atomic mass is 19.4. The summed E-state index contributed by atoms with van der Waals surface area (Å²) in [5.41, 5.74) is 1.85. The van der Waals surface area contributed by atoms with Crippen LogP contribution in [0, 0.1) is 0 Å². The lowest BCUT2D eigenvalue weighted by Gasteiger charge is -2.18. The Labute approximate surface area is 131 Å². The zero-order valence-corrected chi connectivity index (χ0v) is 13.0. The van der Waals surface area contributed by atoms with E-state index in [0.29, 0.717) is 16.9 Å². The lowest BCUT2D eigenvalue weighted by Crippen LogP contribution is -2.12. The third-order valence-corrected chi connectivity index (χ3v) is 3.71. The summed E-state index contributed by atoms with van der Waals surface area (Å²) < 4.78 is 40.2. The molecule has 0 atom stereocenters. The van der Waals surface area contributed by atoms with Gasteiger partial charge in [0.15, 0.2) is 5.65 Å². The number of nitrogens with zero attached hydrogens (tertiary/aromatic N) is 3. The summed E-state index contributed by atoms with van der Waals surface area (Å²) in [6.45, 7) is 6.20. The molecule has 0 unspecified atom stereocenters. The number of rotatable bonds is 1. The second-order valence-corrected chi connectivity index (χ2v) is 6.49. The fourth-order valence-electron chi connectivity index (χ4n) is 2.34. The first-order valence-electron chi connectivity index (χ1n) is 7.18. The lowest BCUT2D eigenvalue weighted by atomic mass is 9.89. The number of alkyl halides is 3. The van der Waals surface area contributed by atoms with Crippen molar-refractivity contribution >= 4 is 5.65 Å². The Bertz CT molecular complexity index is 857. The molecule has 0 bridgehead atoms. The molecule has 0 saturated heterocycles. The van der Waals surface area contributed by atoms with Gasteiger partial charge in [0.2, 0.25) is 0 Å². The monoisotopic (exact) mass is 319 g/mol. The number of hydrogen-bond donors (Lipinski definition) is 0. The average molecular weight is 319 g/mol. The molecule has 0 saturated carbocycles. The summed E-state index contributed by atoms with van der Waals surface area (Å²) in [6, 6.07) is 7.09. The highest BCUT2D eigenvalue weighted by Gasteiger charge is 2.30. The van der Waals surface area contributed by atoms with Crippen LogP contribution >= 0.6 is 0 Å². The fourth-order valence-corrected chi connectivity index (χ4v) is 2.34. The van der Waals surface area contributed by atoms with Crippen molar-refractivity contribution in [3.8, 4) is 11.3 Å². The van der Waals surface area contributed by atoms with Crippen molar-refractivity contribution in [1.82, 2.24) is 14.6 Å². The van der Waals surface area contributed by atoms with Crippen LogP contribution in [0.25, 0.3) is 16.9 Å². The van der Waals surface area contributed by atoms with Crippen molar-refractivity contribution in [2.75, 3.05) is 0 Å². The van der Waals surface area contributed by atoms with E-state index in [4.69, 9.17) is 0 Å². The van der Waals surface area contributed by atoms with Crippen molar-refractivity contribution in [3.05, 3.63) is 53.9 Å². The zero-order chi connectivity index (χ0) is 16.8. The predicted octanol–water partition coefficient (Wildman–Crippen LogP) is 4.71. The van der Waals surface area contributed by atoms with Crippen molar-refractivity contribution in [2.45, 2.75) is 32.4 Å². The summed E-state index contributed by atoms with van der Waals surface area (Å²) in [5, 5.41) is 4.35. The number of halogens is 3. The molecule has 0 radical (unpaired) electrons. The standard InChI is InChI=1S/C17H16F3N3/c1-16(2,3)13-8-15-21-10-14(23(15)22-9-13)11-5-4-6-12(7-11)17(18,19)20/h4-10H,1-3H3. The largest absolute Gasteiger partial charge is 0.416 e. The van der Waals surface area contributed by atoms with Gasteiger partial charge in [-0.15, -0.1) is 0 Å². The minimum Gasteiger partial charge on any atom is -0.235 e. The molecule has 3 nitrogen and oxygen atoms in total. The Morgan fingerprint density at radius 2 is 1.70 bits per heavy atom. The summed E-state index contributed by atoms with van der Waals surface area (Å²) in [7, 11) is 0. The van der Waals surface area contributed by atoms with Crippen molar-refractivity contribution in [2.24, 2.45) is 0 Å². The van der Waals surface area contributed by atoms with Gasteiger partial charge >= 0.3 is 6.18 Å². The van der Waals surface area contributed by atoms with Crippen LogP contribution in [0.4, 0.5) is 13.2 Å². The highest BCUT2D eigenvalue weighted by Crippen LogP contribution is 2.32. The molecule has 2 heterocycles. The molecule has 0 N–H and O–H groups in total. The van der Waals surface area contributed by atoms with Crippen LogP contribution in [0.2, 0.25) is 0 Å². The van der Waals surface area contributed by atoms with Gasteiger partial charge < -0.3 is 0 Å². The van der Waals surface area contributed by atoms with Gasteiger partial charge in [-0.1, -0.05) is 32.9 Å². The van der Waals surface area contributed by atoms with E-state index in [1.54, 1.807) is 23.0 Å². The maximum atomic E-state index is 12.9. The molecule has 0 spiro atoms. The second-order valence-electron chi connectivity index (χ2n) is 6.49. The SMILES string of the molecule is CC(C)(C)c1cnn2c(-c3cccc(C(F)(F)F)c3)cnc2c1. The van der Waals surface area contributed by atoms with E-state index in [9.17, 15) is 13.2 Å². The van der Waals surface area contributed by atoms with Gasteiger partial charge in [-0.3, -0.25) is 0 Å². The van der Waals surface area contributed by atoms with E-state index in [-0.39, 0.29) is 5.41 Å². The molecule has 0 aliphatic rings. The molecular formula is C17H16F3N3. The van der Waals surface area contributed by atoms with Crippen LogP contribution in [-0.2, 0) is 11.6 Å². The Morgan fingerprint density at radius 3 is 2.35 bits per heavy atom. The van der Waals surface area contributed by atoms with Crippen LogP contribution in [-0.4, -0.2) is 14.6 Å². The Balaban J connectivity index is 2.11. The number of benzene rings is 1. The Kier molecular flexibility index (Phi) is 3.43. The molecule has 120 valence electrons. The van der Waals surface area contributed by atoms with Crippen molar-refractivity contribution in [1.29, 1.82) is 0 Å². The molecule has 0 aliphatic heterocycles. The minimum absolute atomic E-state index is 0.0724. The number of aromatic nitrogens is 3. The number of fused-ring (bicyclic) bond motifs is 1. The molecule has 0 aliphatic carbocycles. The summed E-state index contributed by atoms with van der Waals surface area (Å²) in [6.07, 6.45) is -1.10. The molecule has 3 rings (SSSR count). The Morgan fingerprint density at radius 1 is 0.957 bits per heavy atom. The van der Waals surface area contributed by atoms with Gasteiger partial charge in [-0.2, -0.15) is 18.3 Å². The van der Waals surface area contributed by atoms with Crippen molar-refractivity contribution < 1.29 is 13.2 Å². The van der Waals surface area contributed by atoms with Crippen LogP contribution in [0.5, 0.6) is 0 Å². The summed E-state index contributed by atoms with van der Waals surface area (Å²) >= 11 is 0. The van der Waals surface area contributed by atoms with Crippen molar-refractivity contribution in [3.63, 3.8) is 0 Å². The lowest BCUT2D eigenvalue weighted by molar-refractivity contribution is -0.137. The van der Waals surface area contributed by atoms with E-state index in [2.05, 4.69) is 30.9 Å². The Hall–Kier alpha value is -2.37. The number of imidazole rings is 1. The van der Waals surface area contributed by atoms with E-state index >= 15 is 0 Å². The topological polar surface area (TPSA) is 30.2 Å². The van der Waals surface area contributed by atoms with Gasteiger partial charge in [-0.05, 0) is 29.2 Å². The fraction of sp³-hybridized carbons (Fsp3) is 0.294. The van der Waals surface area contributed by atoms with Gasteiger partial charge in [0.05, 0.1) is 23.7 Å². The van der Waals surface area contributed by atoms with Gasteiger partial charge in [0.1, 0.15) is 0 Å². The van der Waals surface area contributed by atoms with Gasteiger partial charge in [-0.25, -0.2) is 9.50 Å².